The summed E-state index contributed by atoms with van der Waals surface area (Å²) < 4.78 is 26.6. The summed E-state index contributed by atoms with van der Waals surface area (Å²) in [5.41, 5.74) is 2.35. The molecule has 178 valence electrons. The summed E-state index contributed by atoms with van der Waals surface area (Å²) in [6.45, 7) is 9.36. The Hall–Kier alpha value is -2.75. The number of rotatable bonds is 9. The summed E-state index contributed by atoms with van der Waals surface area (Å²) in [5, 5.41) is 2.85. The highest BCUT2D eigenvalue weighted by atomic mass is 32.2. The van der Waals surface area contributed by atoms with E-state index in [0.29, 0.717) is 24.3 Å². The van der Waals surface area contributed by atoms with Crippen molar-refractivity contribution in [2.24, 2.45) is 0 Å². The van der Waals surface area contributed by atoms with Gasteiger partial charge in [-0.15, -0.1) is 0 Å². The zero-order valence-electron chi connectivity index (χ0n) is 19.5. The maximum atomic E-state index is 12.6. The molecule has 8 nitrogen and oxygen atoms in total. The molecule has 1 aliphatic rings. The quantitative estimate of drug-likeness (QED) is 0.565. The molecule has 33 heavy (non-hydrogen) atoms. The fourth-order valence-corrected chi connectivity index (χ4v) is 5.36. The van der Waals surface area contributed by atoms with Gasteiger partial charge in [0.05, 0.1) is 11.4 Å². The third kappa shape index (κ3) is 6.19. The van der Waals surface area contributed by atoms with E-state index in [1.165, 1.54) is 16.4 Å². The highest BCUT2D eigenvalue weighted by Crippen LogP contribution is 2.19. The Balaban J connectivity index is 1.50. The van der Waals surface area contributed by atoms with E-state index in [2.05, 4.69) is 15.1 Å². The van der Waals surface area contributed by atoms with Gasteiger partial charge in [-0.3, -0.25) is 14.5 Å². The van der Waals surface area contributed by atoms with E-state index < -0.39 is 10.0 Å². The number of benzene rings is 2. The van der Waals surface area contributed by atoms with Crippen LogP contribution in [0.3, 0.4) is 0 Å². The molecule has 9 heteroatoms. The zero-order valence-corrected chi connectivity index (χ0v) is 20.3. The maximum absolute atomic E-state index is 12.6. The van der Waals surface area contributed by atoms with Crippen molar-refractivity contribution in [2.75, 3.05) is 56.0 Å². The first-order valence-electron chi connectivity index (χ1n) is 11.2. The first kappa shape index (κ1) is 24.9. The Bertz CT molecular complexity index is 1060. The number of nitrogens with zero attached hydrogens (tertiary/aromatic N) is 3. The molecule has 3 rings (SSSR count). The van der Waals surface area contributed by atoms with Crippen molar-refractivity contribution in [2.45, 2.75) is 25.7 Å². The van der Waals surface area contributed by atoms with E-state index in [1.54, 1.807) is 32.9 Å². The van der Waals surface area contributed by atoms with Crippen molar-refractivity contribution in [1.29, 1.82) is 0 Å². The number of ketones is 1. The molecule has 1 aliphatic heterocycles. The Labute approximate surface area is 196 Å². The summed E-state index contributed by atoms with van der Waals surface area (Å²) in [6.07, 6.45) is 0. The second kappa shape index (κ2) is 10.9. The Morgan fingerprint density at radius 2 is 1.48 bits per heavy atom. The van der Waals surface area contributed by atoms with Crippen LogP contribution >= 0.6 is 0 Å². The smallest absolute Gasteiger partial charge is 0.243 e. The van der Waals surface area contributed by atoms with Crippen LogP contribution in [0.25, 0.3) is 0 Å². The predicted octanol–water partition coefficient (Wildman–Crippen LogP) is 2.68. The van der Waals surface area contributed by atoms with Gasteiger partial charge in [-0.25, -0.2) is 8.42 Å². The minimum Gasteiger partial charge on any atom is -0.369 e. The third-order valence-electron chi connectivity index (χ3n) is 5.86. The van der Waals surface area contributed by atoms with Crippen LogP contribution in [0, 0.1) is 0 Å². The highest BCUT2D eigenvalue weighted by molar-refractivity contribution is 7.89. The highest BCUT2D eigenvalue weighted by Gasteiger charge is 2.22. The van der Waals surface area contributed by atoms with Gasteiger partial charge >= 0.3 is 0 Å². The summed E-state index contributed by atoms with van der Waals surface area (Å²) in [7, 11) is -3.51. The number of anilines is 2. The van der Waals surface area contributed by atoms with E-state index in [9.17, 15) is 18.0 Å². The first-order chi connectivity index (χ1) is 15.7. The number of nitrogens with one attached hydrogen (secondary N) is 1. The summed E-state index contributed by atoms with van der Waals surface area (Å²) in [6, 6.07) is 13.9. The van der Waals surface area contributed by atoms with E-state index in [0.717, 1.165) is 31.9 Å². The van der Waals surface area contributed by atoms with Crippen LogP contribution in [-0.2, 0) is 14.8 Å². The van der Waals surface area contributed by atoms with Gasteiger partial charge in [-0.05, 0) is 55.5 Å². The molecule has 0 aromatic heterocycles. The van der Waals surface area contributed by atoms with Crippen molar-refractivity contribution in [1.82, 2.24) is 9.21 Å². The lowest BCUT2D eigenvalue weighted by atomic mass is 10.1. The summed E-state index contributed by atoms with van der Waals surface area (Å²) in [5.74, 6) is -0.0776. The average molecular weight is 473 g/mol. The van der Waals surface area contributed by atoms with Gasteiger partial charge in [0.15, 0.2) is 5.78 Å². The lowest BCUT2D eigenvalue weighted by molar-refractivity contribution is -0.117. The molecule has 0 atom stereocenters. The molecule has 0 bridgehead atoms. The van der Waals surface area contributed by atoms with Crippen LogP contribution in [-0.4, -0.2) is 75.1 Å². The van der Waals surface area contributed by atoms with Crippen LogP contribution < -0.4 is 10.2 Å². The molecule has 1 saturated heterocycles. The molecule has 0 saturated carbocycles. The molecule has 0 spiro atoms. The van der Waals surface area contributed by atoms with Crippen molar-refractivity contribution >= 4 is 33.1 Å². The minimum absolute atomic E-state index is 0.0533. The number of piperazine rings is 1. The lowest BCUT2D eigenvalue weighted by Gasteiger charge is -2.35. The van der Waals surface area contributed by atoms with Crippen LogP contribution in [0.1, 0.15) is 31.1 Å². The number of amides is 1. The van der Waals surface area contributed by atoms with Crippen molar-refractivity contribution in [3.63, 3.8) is 0 Å². The van der Waals surface area contributed by atoms with Crippen LogP contribution in [0.2, 0.25) is 0 Å². The molecule has 1 N–H and O–H groups in total. The zero-order chi connectivity index (χ0) is 24.0. The van der Waals surface area contributed by atoms with Crippen molar-refractivity contribution in [3.05, 3.63) is 54.1 Å². The van der Waals surface area contributed by atoms with Gasteiger partial charge < -0.3 is 10.2 Å². The Kier molecular flexibility index (Phi) is 8.23. The molecular weight excluding hydrogens is 440 g/mol. The Morgan fingerprint density at radius 3 is 2.00 bits per heavy atom. The van der Waals surface area contributed by atoms with Gasteiger partial charge in [0.1, 0.15) is 0 Å². The number of hydrogen-bond donors (Lipinski definition) is 1. The van der Waals surface area contributed by atoms with Crippen molar-refractivity contribution in [3.8, 4) is 0 Å². The second-order valence-electron chi connectivity index (χ2n) is 8.03. The van der Waals surface area contributed by atoms with Crippen LogP contribution in [0.4, 0.5) is 11.4 Å². The molecule has 2 aromatic carbocycles. The fraction of sp³-hybridized carbons (Fsp3) is 0.417. The van der Waals surface area contributed by atoms with Crippen LogP contribution in [0.5, 0.6) is 0 Å². The van der Waals surface area contributed by atoms with E-state index >= 15 is 0 Å². The SMILES string of the molecule is CCN(CC)S(=O)(=O)c1ccc(NC(=O)CN2CCN(c3ccc(C(C)=O)cc3)CC2)cc1. The van der Waals surface area contributed by atoms with E-state index in [-0.39, 0.29) is 23.1 Å². The largest absolute Gasteiger partial charge is 0.369 e. The molecule has 1 amide bonds. The van der Waals surface area contributed by atoms with Gasteiger partial charge in [-0.2, -0.15) is 4.31 Å². The summed E-state index contributed by atoms with van der Waals surface area (Å²) in [4.78, 5) is 28.5. The summed E-state index contributed by atoms with van der Waals surface area (Å²) >= 11 is 0. The third-order valence-corrected chi connectivity index (χ3v) is 7.92. The topological polar surface area (TPSA) is 90.0 Å². The first-order valence-corrected chi connectivity index (χ1v) is 12.7. The number of carbonyl (C=O) groups excluding carboxylic acids is 2. The van der Waals surface area contributed by atoms with Gasteiger partial charge in [-0.1, -0.05) is 13.8 Å². The Morgan fingerprint density at radius 1 is 0.909 bits per heavy atom. The normalized spacial score (nSPS) is 15.0. The number of Topliss-reactive ketones (excluding diaryl/α,β-unsaturated/α-hetero) is 1. The molecule has 1 fully saturated rings. The molecule has 0 radical (unpaired) electrons. The van der Waals surface area contributed by atoms with Gasteiger partial charge in [0, 0.05) is 56.2 Å². The van der Waals surface area contributed by atoms with Crippen LogP contribution in [0.15, 0.2) is 53.4 Å². The molecule has 2 aromatic rings. The molecule has 1 heterocycles. The second-order valence-corrected chi connectivity index (χ2v) is 9.97. The maximum Gasteiger partial charge on any atom is 0.243 e. The minimum atomic E-state index is -3.51. The lowest BCUT2D eigenvalue weighted by Crippen LogP contribution is -2.48. The van der Waals surface area contributed by atoms with E-state index in [1.807, 2.05) is 24.3 Å². The molecule has 0 aliphatic carbocycles. The molecular formula is C24H32N4O4S. The van der Waals surface area contributed by atoms with Gasteiger partial charge in [0.2, 0.25) is 15.9 Å². The number of hydrogen-bond acceptors (Lipinski definition) is 6. The predicted molar refractivity (Wildman–Crippen MR) is 130 cm³/mol. The monoisotopic (exact) mass is 472 g/mol. The van der Waals surface area contributed by atoms with Crippen molar-refractivity contribution < 1.29 is 18.0 Å². The fourth-order valence-electron chi connectivity index (χ4n) is 3.90. The van der Waals surface area contributed by atoms with E-state index in [4.69, 9.17) is 0 Å². The van der Waals surface area contributed by atoms with Gasteiger partial charge in [0.25, 0.3) is 0 Å². The molecule has 0 unspecified atom stereocenters. The number of sulfonamides is 1. The average Bonchev–Trinajstić information content (AvgIpc) is 2.80. The standard InChI is InChI=1S/C24H32N4O4S/c1-4-28(5-2)33(31,32)23-12-8-21(9-13-23)25-24(30)18-26-14-16-27(17-15-26)22-10-6-20(7-11-22)19(3)29/h6-13H,4-5,14-18H2,1-3H3,(H,25,30). The number of carbonyl (C=O) groups is 2.